The zero-order valence-corrected chi connectivity index (χ0v) is 17.8. The number of rotatable bonds is 9. The van der Waals surface area contributed by atoms with Crippen LogP contribution < -0.4 is 14.4 Å². The maximum atomic E-state index is 12.5. The lowest BCUT2D eigenvalue weighted by Crippen LogP contribution is -2.35. The van der Waals surface area contributed by atoms with Crippen LogP contribution in [0.25, 0.3) is 0 Å². The third-order valence-electron chi connectivity index (χ3n) is 5.11. The fourth-order valence-corrected chi connectivity index (χ4v) is 4.55. The molecule has 0 radical (unpaired) electrons. The number of hydrogen-bond acceptors (Lipinski definition) is 4. The van der Waals surface area contributed by atoms with Crippen molar-refractivity contribution in [2.24, 2.45) is 0 Å². The van der Waals surface area contributed by atoms with Crippen molar-refractivity contribution < 1.29 is 17.9 Å². The summed E-state index contributed by atoms with van der Waals surface area (Å²) in [5.74, 6) is 0.881. The van der Waals surface area contributed by atoms with Gasteiger partial charge in [0.1, 0.15) is 5.75 Å². The van der Waals surface area contributed by atoms with Crippen LogP contribution in [0.5, 0.6) is 5.75 Å². The number of anilines is 2. The molecular weight excluding hydrogens is 388 g/mol. The molecular formula is C22H28N2O4S. The van der Waals surface area contributed by atoms with E-state index in [1.807, 2.05) is 41.3 Å². The highest BCUT2D eigenvalue weighted by Crippen LogP contribution is 2.31. The van der Waals surface area contributed by atoms with Crippen LogP contribution in [0.1, 0.15) is 37.3 Å². The first-order chi connectivity index (χ1) is 13.9. The summed E-state index contributed by atoms with van der Waals surface area (Å²) < 4.78 is 32.8. The van der Waals surface area contributed by atoms with Gasteiger partial charge in [0.15, 0.2) is 0 Å². The molecule has 0 spiro atoms. The van der Waals surface area contributed by atoms with Gasteiger partial charge >= 0.3 is 0 Å². The molecule has 0 aliphatic carbocycles. The minimum Gasteiger partial charge on any atom is -0.497 e. The van der Waals surface area contributed by atoms with Gasteiger partial charge in [0.2, 0.25) is 15.9 Å². The minimum atomic E-state index is -3.48. The van der Waals surface area contributed by atoms with Gasteiger partial charge in [-0.15, -0.1) is 0 Å². The zero-order chi connectivity index (χ0) is 20.9. The number of sulfonamides is 1. The lowest BCUT2D eigenvalue weighted by Gasteiger charge is -2.29. The summed E-state index contributed by atoms with van der Waals surface area (Å²) >= 11 is 0. The van der Waals surface area contributed by atoms with E-state index in [1.165, 1.54) is 0 Å². The van der Waals surface area contributed by atoms with Crippen LogP contribution in [0.4, 0.5) is 11.4 Å². The maximum Gasteiger partial charge on any atom is 0.233 e. The lowest BCUT2D eigenvalue weighted by molar-refractivity contribution is -0.118. The van der Waals surface area contributed by atoms with Crippen LogP contribution >= 0.6 is 0 Å². The van der Waals surface area contributed by atoms with E-state index in [1.54, 1.807) is 13.2 Å². The molecule has 1 amide bonds. The summed E-state index contributed by atoms with van der Waals surface area (Å²) in [4.78, 5) is 14.1. The number of unbranched alkanes of at least 4 members (excludes halogenated alkanes) is 1. The van der Waals surface area contributed by atoms with E-state index in [2.05, 4.69) is 11.6 Å². The summed E-state index contributed by atoms with van der Waals surface area (Å²) in [5.41, 5.74) is 3.39. The normalized spacial score (nSPS) is 13.9. The molecule has 7 heteroatoms. The molecule has 156 valence electrons. The average Bonchev–Trinajstić information content (AvgIpc) is 2.72. The molecule has 3 rings (SSSR count). The number of aryl methyl sites for hydroxylation is 2. The molecule has 1 aliphatic heterocycles. The quantitative estimate of drug-likeness (QED) is 0.675. The van der Waals surface area contributed by atoms with Crippen molar-refractivity contribution in [3.05, 3.63) is 53.6 Å². The Labute approximate surface area is 172 Å². The molecule has 0 aromatic heterocycles. The average molecular weight is 417 g/mol. The van der Waals surface area contributed by atoms with Gasteiger partial charge in [0.25, 0.3) is 0 Å². The Bertz CT molecular complexity index is 955. The van der Waals surface area contributed by atoms with Gasteiger partial charge in [0.05, 0.1) is 12.9 Å². The number of carbonyl (C=O) groups is 1. The van der Waals surface area contributed by atoms with Crippen molar-refractivity contribution in [2.75, 3.05) is 29.0 Å². The summed E-state index contributed by atoms with van der Waals surface area (Å²) in [5, 5.41) is 0. The van der Waals surface area contributed by atoms with Crippen molar-refractivity contribution in [3.63, 3.8) is 0 Å². The molecule has 1 heterocycles. The molecule has 0 bridgehead atoms. The molecule has 0 saturated carbocycles. The highest BCUT2D eigenvalue weighted by Gasteiger charge is 2.24. The smallest absolute Gasteiger partial charge is 0.233 e. The molecule has 0 fully saturated rings. The monoisotopic (exact) mass is 416 g/mol. The number of ether oxygens (including phenoxy) is 1. The molecule has 1 N–H and O–H groups in total. The van der Waals surface area contributed by atoms with E-state index >= 15 is 0 Å². The van der Waals surface area contributed by atoms with Crippen LogP contribution in [0.2, 0.25) is 0 Å². The number of hydrogen-bond donors (Lipinski definition) is 1. The first kappa shape index (κ1) is 21.2. The topological polar surface area (TPSA) is 75.7 Å². The summed E-state index contributed by atoms with van der Waals surface area (Å²) in [6.07, 6.45) is 3.49. The van der Waals surface area contributed by atoms with E-state index in [4.69, 9.17) is 4.74 Å². The SMILES string of the molecule is CCCCN1C(=O)CCc2cc(NS(=O)(=O)CCc3ccc(OC)cc3)ccc21. The van der Waals surface area contributed by atoms with Crippen LogP contribution in [0, 0.1) is 0 Å². The maximum absolute atomic E-state index is 12.5. The fraction of sp³-hybridized carbons (Fsp3) is 0.409. The van der Waals surface area contributed by atoms with E-state index in [9.17, 15) is 13.2 Å². The number of nitrogens with zero attached hydrogens (tertiary/aromatic N) is 1. The first-order valence-corrected chi connectivity index (χ1v) is 11.6. The summed E-state index contributed by atoms with van der Waals surface area (Å²) in [6.45, 7) is 2.80. The van der Waals surface area contributed by atoms with Crippen LogP contribution in [-0.2, 0) is 27.7 Å². The molecule has 2 aromatic carbocycles. The minimum absolute atomic E-state index is 0.00246. The Kier molecular flexibility index (Phi) is 6.79. The van der Waals surface area contributed by atoms with Crippen molar-refractivity contribution in [1.82, 2.24) is 0 Å². The first-order valence-electron chi connectivity index (χ1n) is 9.98. The van der Waals surface area contributed by atoms with Gasteiger partial charge in [-0.1, -0.05) is 25.5 Å². The molecule has 29 heavy (non-hydrogen) atoms. The number of fused-ring (bicyclic) bond motifs is 1. The standard InChI is InChI=1S/C22H28N2O4S/c1-3-4-14-24-21-11-8-19(16-18(21)7-12-22(24)25)23-29(26,27)15-13-17-5-9-20(28-2)10-6-17/h5-6,8-11,16,23H,3-4,7,12-15H2,1-2H3. The zero-order valence-electron chi connectivity index (χ0n) is 17.0. The van der Waals surface area contributed by atoms with E-state index in [0.717, 1.165) is 35.4 Å². The fourth-order valence-electron chi connectivity index (χ4n) is 3.46. The Balaban J connectivity index is 1.66. The molecule has 6 nitrogen and oxygen atoms in total. The Morgan fingerprint density at radius 1 is 1.10 bits per heavy atom. The highest BCUT2D eigenvalue weighted by molar-refractivity contribution is 7.92. The largest absolute Gasteiger partial charge is 0.497 e. The Morgan fingerprint density at radius 2 is 1.86 bits per heavy atom. The molecule has 0 saturated heterocycles. The molecule has 1 aliphatic rings. The van der Waals surface area contributed by atoms with Crippen LogP contribution in [0.3, 0.4) is 0 Å². The van der Waals surface area contributed by atoms with Crippen molar-refractivity contribution in [3.8, 4) is 5.75 Å². The molecule has 2 aromatic rings. The predicted octanol–water partition coefficient (Wildman–Crippen LogP) is 3.76. The molecule has 0 atom stereocenters. The second-order valence-corrected chi connectivity index (χ2v) is 9.10. The predicted molar refractivity (Wildman–Crippen MR) is 116 cm³/mol. The van der Waals surface area contributed by atoms with E-state index in [0.29, 0.717) is 31.5 Å². The highest BCUT2D eigenvalue weighted by atomic mass is 32.2. The van der Waals surface area contributed by atoms with Gasteiger partial charge in [-0.2, -0.15) is 0 Å². The van der Waals surface area contributed by atoms with E-state index < -0.39 is 10.0 Å². The summed E-state index contributed by atoms with van der Waals surface area (Å²) in [7, 11) is -1.88. The number of nitrogens with one attached hydrogen (secondary N) is 1. The third kappa shape index (κ3) is 5.50. The van der Waals surface area contributed by atoms with Gasteiger partial charge in [-0.05, 0) is 60.7 Å². The summed E-state index contributed by atoms with van der Waals surface area (Å²) in [6, 6.07) is 12.8. The second-order valence-electron chi connectivity index (χ2n) is 7.26. The number of methoxy groups -OCH3 is 1. The van der Waals surface area contributed by atoms with Crippen molar-refractivity contribution in [2.45, 2.75) is 39.0 Å². The van der Waals surface area contributed by atoms with Crippen LogP contribution in [0.15, 0.2) is 42.5 Å². The molecule has 0 unspecified atom stereocenters. The van der Waals surface area contributed by atoms with Gasteiger partial charge in [0, 0.05) is 24.3 Å². The Hall–Kier alpha value is -2.54. The number of carbonyl (C=O) groups excluding carboxylic acids is 1. The van der Waals surface area contributed by atoms with Gasteiger partial charge in [-0.25, -0.2) is 8.42 Å². The van der Waals surface area contributed by atoms with Gasteiger partial charge in [-0.3, -0.25) is 9.52 Å². The van der Waals surface area contributed by atoms with Crippen LogP contribution in [-0.4, -0.2) is 33.7 Å². The third-order valence-corrected chi connectivity index (χ3v) is 6.39. The number of benzene rings is 2. The van der Waals surface area contributed by atoms with Crippen molar-refractivity contribution >= 4 is 27.3 Å². The second kappa shape index (κ2) is 9.31. The lowest BCUT2D eigenvalue weighted by atomic mass is 10.00. The Morgan fingerprint density at radius 3 is 2.55 bits per heavy atom. The van der Waals surface area contributed by atoms with Crippen molar-refractivity contribution in [1.29, 1.82) is 0 Å². The number of amides is 1. The van der Waals surface area contributed by atoms with E-state index in [-0.39, 0.29) is 11.7 Å². The van der Waals surface area contributed by atoms with Gasteiger partial charge < -0.3 is 9.64 Å².